The minimum absolute atomic E-state index is 0.0105. The second kappa shape index (κ2) is 4.94. The van der Waals surface area contributed by atoms with Gasteiger partial charge in [0, 0.05) is 17.6 Å². The summed E-state index contributed by atoms with van der Waals surface area (Å²) in [6, 6.07) is 6.76. The molecule has 4 aliphatic heterocycles. The summed E-state index contributed by atoms with van der Waals surface area (Å²) in [5.74, 6) is -0.0724. The second-order valence-corrected chi connectivity index (χ2v) is 7.40. The summed E-state index contributed by atoms with van der Waals surface area (Å²) in [6.07, 6.45) is 1.52. The third kappa shape index (κ3) is 1.68. The van der Waals surface area contributed by atoms with Crippen LogP contribution in [0.5, 0.6) is 5.75 Å². The first kappa shape index (κ1) is 14.7. The number of hydrogen-bond acceptors (Lipinski definition) is 5. The van der Waals surface area contributed by atoms with Crippen LogP contribution in [0, 0.1) is 5.92 Å². The summed E-state index contributed by atoms with van der Waals surface area (Å²) in [6.45, 7) is 0.656. The minimum atomic E-state index is -0.677. The molecule has 0 amide bonds. The lowest BCUT2D eigenvalue weighted by Gasteiger charge is -2.51. The van der Waals surface area contributed by atoms with Crippen LogP contribution in [0.4, 0.5) is 0 Å². The van der Waals surface area contributed by atoms with E-state index in [-0.39, 0.29) is 36.3 Å². The number of nitrogens with zero attached hydrogens (tertiary/aromatic N) is 2. The second-order valence-electron chi connectivity index (χ2n) is 7.40. The first-order valence-electron chi connectivity index (χ1n) is 8.61. The van der Waals surface area contributed by atoms with Crippen molar-refractivity contribution in [1.82, 2.24) is 9.80 Å². The Hall–Kier alpha value is -1.63. The first-order valence-corrected chi connectivity index (χ1v) is 8.61. The summed E-state index contributed by atoms with van der Waals surface area (Å²) in [4.78, 5) is 16.5. The van der Waals surface area contributed by atoms with Gasteiger partial charge in [-0.05, 0) is 31.5 Å². The number of carboxylic acid groups (broad SMARTS) is 1. The number of rotatable bonds is 2. The van der Waals surface area contributed by atoms with Crippen LogP contribution in [-0.4, -0.2) is 66.0 Å². The van der Waals surface area contributed by atoms with E-state index in [1.54, 1.807) is 7.11 Å². The molecule has 2 unspecified atom stereocenters. The molecule has 6 heteroatoms. The fourth-order valence-corrected chi connectivity index (χ4v) is 5.63. The average Bonchev–Trinajstić information content (AvgIpc) is 3.10. The van der Waals surface area contributed by atoms with E-state index in [0.29, 0.717) is 13.0 Å². The zero-order chi connectivity index (χ0) is 16.6. The molecule has 0 spiro atoms. The summed E-state index contributed by atoms with van der Waals surface area (Å²) in [7, 11) is 3.77. The third-order valence-electron chi connectivity index (χ3n) is 6.54. The van der Waals surface area contributed by atoms with Crippen LogP contribution in [0.2, 0.25) is 0 Å². The standard InChI is InChI=1S/C18H22N2O4/c1-19-12-7-10(18(21)22)16(19)11-6-9-4-3-5-14(23-2)15(9)13-8-24-17(12)20(11)13/h3-5,10-13,16-17H,6-8H2,1-2H3,(H,21,22)/t10-,11+,12?,13+,16?,17-/m0/s1. The monoisotopic (exact) mass is 330 g/mol. The highest BCUT2D eigenvalue weighted by Crippen LogP contribution is 2.52. The maximum Gasteiger partial charge on any atom is 0.308 e. The maximum absolute atomic E-state index is 11.8. The number of likely N-dealkylation sites (N-methyl/N-ethyl adjacent to an activating group) is 1. The van der Waals surface area contributed by atoms with Gasteiger partial charge in [-0.25, -0.2) is 0 Å². The van der Waals surface area contributed by atoms with E-state index in [9.17, 15) is 9.90 Å². The predicted molar refractivity (Wildman–Crippen MR) is 85.9 cm³/mol. The molecule has 5 rings (SSSR count). The zero-order valence-electron chi connectivity index (χ0n) is 13.9. The normalized spacial score (nSPS) is 40.2. The van der Waals surface area contributed by atoms with Gasteiger partial charge < -0.3 is 14.6 Å². The fourth-order valence-electron chi connectivity index (χ4n) is 5.63. The van der Waals surface area contributed by atoms with E-state index in [1.807, 2.05) is 12.1 Å². The van der Waals surface area contributed by atoms with Crippen molar-refractivity contribution in [3.8, 4) is 5.75 Å². The van der Waals surface area contributed by atoms with E-state index in [2.05, 4.69) is 22.9 Å². The van der Waals surface area contributed by atoms with Crippen LogP contribution >= 0.6 is 0 Å². The molecule has 0 aliphatic carbocycles. The number of carbonyl (C=O) groups is 1. The molecule has 1 N–H and O–H groups in total. The van der Waals surface area contributed by atoms with Gasteiger partial charge in [0.15, 0.2) is 0 Å². The Balaban J connectivity index is 1.64. The Morgan fingerprint density at radius 1 is 1.38 bits per heavy atom. The lowest BCUT2D eigenvalue weighted by atomic mass is 9.82. The molecule has 1 aromatic carbocycles. The molecule has 3 saturated heterocycles. The Morgan fingerprint density at radius 3 is 2.96 bits per heavy atom. The summed E-state index contributed by atoms with van der Waals surface area (Å²) < 4.78 is 11.8. The Labute approximate surface area is 140 Å². The number of benzene rings is 1. The van der Waals surface area contributed by atoms with Crippen LogP contribution in [0.15, 0.2) is 18.2 Å². The smallest absolute Gasteiger partial charge is 0.308 e. The van der Waals surface area contributed by atoms with Crippen LogP contribution in [-0.2, 0) is 16.0 Å². The predicted octanol–water partition coefficient (Wildman–Crippen LogP) is 1.11. The number of piperazine rings is 1. The molecule has 0 aromatic heterocycles. The number of ether oxygens (including phenoxy) is 2. The molecular formula is C18H22N2O4. The zero-order valence-corrected chi connectivity index (χ0v) is 13.9. The molecule has 2 bridgehead atoms. The Bertz CT molecular complexity index is 708. The maximum atomic E-state index is 11.8. The first-order chi connectivity index (χ1) is 11.6. The van der Waals surface area contributed by atoms with Gasteiger partial charge in [-0.15, -0.1) is 0 Å². The molecule has 3 fully saturated rings. The van der Waals surface area contributed by atoms with Crippen LogP contribution in [0.3, 0.4) is 0 Å². The fraction of sp³-hybridized carbons (Fsp3) is 0.611. The molecule has 0 radical (unpaired) electrons. The molecule has 24 heavy (non-hydrogen) atoms. The topological polar surface area (TPSA) is 62.2 Å². The van der Waals surface area contributed by atoms with Gasteiger partial charge in [0.05, 0.1) is 31.7 Å². The van der Waals surface area contributed by atoms with Crippen molar-refractivity contribution >= 4 is 5.97 Å². The molecule has 0 saturated carbocycles. The van der Waals surface area contributed by atoms with Crippen molar-refractivity contribution < 1.29 is 19.4 Å². The molecule has 4 heterocycles. The molecule has 6 atom stereocenters. The largest absolute Gasteiger partial charge is 0.496 e. The van der Waals surface area contributed by atoms with E-state index in [4.69, 9.17) is 9.47 Å². The number of aliphatic carboxylic acids is 1. The average molecular weight is 330 g/mol. The minimum Gasteiger partial charge on any atom is -0.496 e. The van der Waals surface area contributed by atoms with Crippen molar-refractivity contribution in [1.29, 1.82) is 0 Å². The molecule has 1 aromatic rings. The number of carboxylic acids is 1. The molecular weight excluding hydrogens is 308 g/mol. The van der Waals surface area contributed by atoms with Crippen molar-refractivity contribution in [2.24, 2.45) is 5.92 Å². The highest BCUT2D eigenvalue weighted by Gasteiger charge is 2.62. The molecule has 4 aliphatic rings. The van der Waals surface area contributed by atoms with Gasteiger partial charge in [-0.2, -0.15) is 0 Å². The SMILES string of the molecule is COc1cccc2c1[C@H]1CO[C@H]3C4C[C@H](C(=O)O)C([C@@H](C2)N13)N4C. The Kier molecular flexibility index (Phi) is 3.02. The molecule has 128 valence electrons. The third-order valence-corrected chi connectivity index (χ3v) is 6.54. The highest BCUT2D eigenvalue weighted by molar-refractivity contribution is 5.72. The highest BCUT2D eigenvalue weighted by atomic mass is 16.5. The Morgan fingerprint density at radius 2 is 2.21 bits per heavy atom. The van der Waals surface area contributed by atoms with E-state index in [1.165, 1.54) is 11.1 Å². The van der Waals surface area contributed by atoms with Gasteiger partial charge >= 0.3 is 5.97 Å². The number of fused-ring (bicyclic) bond motifs is 6. The van der Waals surface area contributed by atoms with Gasteiger partial charge in [0.1, 0.15) is 12.0 Å². The van der Waals surface area contributed by atoms with E-state index >= 15 is 0 Å². The van der Waals surface area contributed by atoms with Gasteiger partial charge in [-0.3, -0.25) is 14.6 Å². The van der Waals surface area contributed by atoms with Crippen LogP contribution < -0.4 is 4.74 Å². The number of hydrogen-bond donors (Lipinski definition) is 1. The quantitative estimate of drug-likeness (QED) is 0.876. The lowest BCUT2D eigenvalue weighted by Crippen LogP contribution is -2.64. The molecule has 6 nitrogen and oxygen atoms in total. The van der Waals surface area contributed by atoms with Crippen molar-refractivity contribution in [2.45, 2.75) is 43.2 Å². The van der Waals surface area contributed by atoms with Crippen LogP contribution in [0.1, 0.15) is 23.6 Å². The van der Waals surface area contributed by atoms with Crippen molar-refractivity contribution in [3.05, 3.63) is 29.3 Å². The van der Waals surface area contributed by atoms with Gasteiger partial charge in [0.25, 0.3) is 0 Å². The van der Waals surface area contributed by atoms with E-state index < -0.39 is 5.97 Å². The van der Waals surface area contributed by atoms with Gasteiger partial charge in [-0.1, -0.05) is 12.1 Å². The number of methoxy groups -OCH3 is 1. The summed E-state index contributed by atoms with van der Waals surface area (Å²) in [5, 5.41) is 9.71. The van der Waals surface area contributed by atoms with Gasteiger partial charge in [0.2, 0.25) is 0 Å². The lowest BCUT2D eigenvalue weighted by molar-refractivity contribution is -0.144. The summed E-state index contributed by atoms with van der Waals surface area (Å²) >= 11 is 0. The van der Waals surface area contributed by atoms with Crippen molar-refractivity contribution in [3.63, 3.8) is 0 Å². The van der Waals surface area contributed by atoms with E-state index in [0.717, 1.165) is 12.2 Å². The van der Waals surface area contributed by atoms with Crippen molar-refractivity contribution in [2.75, 3.05) is 20.8 Å². The van der Waals surface area contributed by atoms with Crippen LogP contribution in [0.25, 0.3) is 0 Å². The summed E-state index contributed by atoms with van der Waals surface area (Å²) in [5.41, 5.74) is 2.50.